The second-order valence-corrected chi connectivity index (χ2v) is 4.29. The molecular formula is C5H9N3O3S. The first kappa shape index (κ1) is 9.14. The molecule has 12 heavy (non-hydrogen) atoms. The maximum atomic E-state index is 10.6. The fourth-order valence-corrected chi connectivity index (χ4v) is 1.03. The summed E-state index contributed by atoms with van der Waals surface area (Å²) in [5.41, 5.74) is 0. The highest BCUT2D eigenvalue weighted by molar-refractivity contribution is 7.86. The predicted octanol–water partition coefficient (Wildman–Crippen LogP) is -0.446. The van der Waals surface area contributed by atoms with E-state index in [0.717, 1.165) is 0 Å². The zero-order valence-electron chi connectivity index (χ0n) is 6.45. The molecule has 68 valence electrons. The third-order valence-corrected chi connectivity index (χ3v) is 2.59. The molecule has 1 unspecified atom stereocenters. The standard InChI is InChI=1S/C5H9N3O3S/c1-5(12(9,10)11)4-8-3-2-6-7-8/h2-3,5H,4H2,1H3,(H,9,10,11). The van der Waals surface area contributed by atoms with E-state index >= 15 is 0 Å². The van der Waals surface area contributed by atoms with E-state index in [1.165, 1.54) is 24.0 Å². The molecule has 1 aromatic rings. The Morgan fingerprint density at radius 1 is 1.67 bits per heavy atom. The second-order valence-electron chi connectivity index (χ2n) is 2.45. The average molecular weight is 191 g/mol. The molecule has 1 heterocycles. The minimum absolute atomic E-state index is 0.110. The molecule has 0 fully saturated rings. The van der Waals surface area contributed by atoms with Gasteiger partial charge in [-0.25, -0.2) is 0 Å². The van der Waals surface area contributed by atoms with Gasteiger partial charge < -0.3 is 0 Å². The third-order valence-electron chi connectivity index (χ3n) is 1.42. The molecule has 0 aliphatic carbocycles. The quantitative estimate of drug-likeness (QED) is 0.654. The van der Waals surface area contributed by atoms with Gasteiger partial charge in [-0.15, -0.1) is 5.10 Å². The van der Waals surface area contributed by atoms with Crippen molar-refractivity contribution in [2.45, 2.75) is 18.7 Å². The summed E-state index contributed by atoms with van der Waals surface area (Å²) < 4.78 is 31.0. The Kier molecular flexibility index (Phi) is 2.43. The van der Waals surface area contributed by atoms with Crippen LogP contribution in [0.4, 0.5) is 0 Å². The maximum Gasteiger partial charge on any atom is 0.269 e. The molecule has 1 aromatic heterocycles. The van der Waals surface area contributed by atoms with Crippen LogP contribution in [0.5, 0.6) is 0 Å². The van der Waals surface area contributed by atoms with Crippen LogP contribution in [0, 0.1) is 0 Å². The molecule has 0 saturated heterocycles. The number of hydrogen-bond donors (Lipinski definition) is 1. The van der Waals surface area contributed by atoms with Gasteiger partial charge in [-0.2, -0.15) is 8.42 Å². The van der Waals surface area contributed by atoms with Gasteiger partial charge in [0.1, 0.15) is 5.25 Å². The zero-order chi connectivity index (χ0) is 9.19. The first-order valence-corrected chi connectivity index (χ1v) is 4.81. The van der Waals surface area contributed by atoms with Crippen LogP contribution in [0.15, 0.2) is 12.4 Å². The monoisotopic (exact) mass is 191 g/mol. The third kappa shape index (κ3) is 2.28. The Morgan fingerprint density at radius 2 is 2.33 bits per heavy atom. The van der Waals surface area contributed by atoms with E-state index in [2.05, 4.69) is 10.3 Å². The van der Waals surface area contributed by atoms with E-state index in [4.69, 9.17) is 4.55 Å². The lowest BCUT2D eigenvalue weighted by molar-refractivity contribution is 0.453. The Hall–Kier alpha value is -0.950. The van der Waals surface area contributed by atoms with Crippen LogP contribution in [0.1, 0.15) is 6.92 Å². The molecule has 0 saturated carbocycles. The van der Waals surface area contributed by atoms with Gasteiger partial charge in [0.25, 0.3) is 10.1 Å². The molecule has 0 aromatic carbocycles. The first-order chi connectivity index (χ1) is 5.50. The summed E-state index contributed by atoms with van der Waals surface area (Å²) in [5.74, 6) is 0. The Balaban J connectivity index is 2.66. The van der Waals surface area contributed by atoms with Gasteiger partial charge in [-0.3, -0.25) is 9.23 Å². The summed E-state index contributed by atoms with van der Waals surface area (Å²) in [4.78, 5) is 0. The van der Waals surface area contributed by atoms with Crippen molar-refractivity contribution >= 4 is 10.1 Å². The van der Waals surface area contributed by atoms with Crippen molar-refractivity contribution in [2.24, 2.45) is 0 Å². The molecule has 0 radical (unpaired) electrons. The lowest BCUT2D eigenvalue weighted by Crippen LogP contribution is -2.22. The molecule has 1 atom stereocenters. The second kappa shape index (κ2) is 3.20. The summed E-state index contributed by atoms with van der Waals surface area (Å²) in [6.07, 6.45) is 2.97. The Morgan fingerprint density at radius 3 is 2.75 bits per heavy atom. The summed E-state index contributed by atoms with van der Waals surface area (Å²) in [6, 6.07) is 0. The van der Waals surface area contributed by atoms with Gasteiger partial charge in [-0.05, 0) is 6.92 Å². The summed E-state index contributed by atoms with van der Waals surface area (Å²) >= 11 is 0. The lowest BCUT2D eigenvalue weighted by Gasteiger charge is -2.06. The zero-order valence-corrected chi connectivity index (χ0v) is 7.27. The molecule has 0 bridgehead atoms. The molecule has 6 nitrogen and oxygen atoms in total. The Labute approximate surface area is 70.0 Å². The van der Waals surface area contributed by atoms with Gasteiger partial charge in [0.15, 0.2) is 0 Å². The van der Waals surface area contributed by atoms with Crippen molar-refractivity contribution in [2.75, 3.05) is 0 Å². The van der Waals surface area contributed by atoms with Crippen LogP contribution in [-0.2, 0) is 16.7 Å². The minimum Gasteiger partial charge on any atom is -0.285 e. The van der Waals surface area contributed by atoms with Crippen LogP contribution in [0.25, 0.3) is 0 Å². The number of hydrogen-bond acceptors (Lipinski definition) is 4. The van der Waals surface area contributed by atoms with E-state index in [1.54, 1.807) is 0 Å². The van der Waals surface area contributed by atoms with Crippen LogP contribution < -0.4 is 0 Å². The van der Waals surface area contributed by atoms with Crippen LogP contribution in [0.3, 0.4) is 0 Å². The predicted molar refractivity (Wildman–Crippen MR) is 41.0 cm³/mol. The van der Waals surface area contributed by atoms with Gasteiger partial charge >= 0.3 is 0 Å². The SMILES string of the molecule is CC(Cn1ccnn1)S(=O)(=O)O. The molecule has 7 heteroatoms. The highest BCUT2D eigenvalue weighted by Gasteiger charge is 2.17. The molecule has 0 aliphatic heterocycles. The first-order valence-electron chi connectivity index (χ1n) is 3.30. The molecule has 0 amide bonds. The van der Waals surface area contributed by atoms with Crippen LogP contribution in [0.2, 0.25) is 0 Å². The van der Waals surface area contributed by atoms with E-state index in [9.17, 15) is 8.42 Å². The van der Waals surface area contributed by atoms with Crippen LogP contribution >= 0.6 is 0 Å². The van der Waals surface area contributed by atoms with E-state index in [1.807, 2.05) is 0 Å². The van der Waals surface area contributed by atoms with Crippen molar-refractivity contribution in [3.05, 3.63) is 12.4 Å². The minimum atomic E-state index is -3.97. The molecule has 1 rings (SSSR count). The Bertz CT molecular complexity index is 331. The van der Waals surface area contributed by atoms with E-state index in [0.29, 0.717) is 0 Å². The number of rotatable bonds is 3. The van der Waals surface area contributed by atoms with E-state index < -0.39 is 15.4 Å². The molecule has 0 aliphatic rings. The van der Waals surface area contributed by atoms with Crippen molar-refractivity contribution in [1.29, 1.82) is 0 Å². The number of nitrogens with zero attached hydrogens (tertiary/aromatic N) is 3. The molecule has 1 N–H and O–H groups in total. The van der Waals surface area contributed by atoms with Crippen molar-refractivity contribution in [1.82, 2.24) is 15.0 Å². The smallest absolute Gasteiger partial charge is 0.269 e. The van der Waals surface area contributed by atoms with Crippen molar-refractivity contribution in [3.8, 4) is 0 Å². The van der Waals surface area contributed by atoms with Crippen molar-refractivity contribution in [3.63, 3.8) is 0 Å². The summed E-state index contributed by atoms with van der Waals surface area (Å²) in [5, 5.41) is 6.19. The fraction of sp³-hybridized carbons (Fsp3) is 0.600. The average Bonchev–Trinajstić information content (AvgIpc) is 2.37. The molecule has 0 spiro atoms. The topological polar surface area (TPSA) is 85.1 Å². The largest absolute Gasteiger partial charge is 0.285 e. The van der Waals surface area contributed by atoms with Gasteiger partial charge in [0.05, 0.1) is 12.7 Å². The van der Waals surface area contributed by atoms with Gasteiger partial charge in [0, 0.05) is 6.20 Å². The van der Waals surface area contributed by atoms with Crippen LogP contribution in [-0.4, -0.2) is 33.2 Å². The lowest BCUT2D eigenvalue weighted by atomic mass is 10.5. The highest BCUT2D eigenvalue weighted by Crippen LogP contribution is 1.99. The summed E-state index contributed by atoms with van der Waals surface area (Å²) in [7, 11) is -3.97. The fourth-order valence-electron chi connectivity index (χ4n) is 0.688. The molecular weight excluding hydrogens is 182 g/mol. The van der Waals surface area contributed by atoms with Gasteiger partial charge in [0.2, 0.25) is 0 Å². The normalized spacial score (nSPS) is 14.5. The highest BCUT2D eigenvalue weighted by atomic mass is 32.2. The van der Waals surface area contributed by atoms with Crippen molar-refractivity contribution < 1.29 is 13.0 Å². The maximum absolute atomic E-state index is 10.6. The van der Waals surface area contributed by atoms with Gasteiger partial charge in [-0.1, -0.05) is 5.21 Å². The number of aromatic nitrogens is 3. The summed E-state index contributed by atoms with van der Waals surface area (Å²) in [6.45, 7) is 1.51. The van der Waals surface area contributed by atoms with E-state index in [-0.39, 0.29) is 6.54 Å².